The minimum atomic E-state index is -1.94. The number of aliphatic hydroxyl groups is 2. The van der Waals surface area contributed by atoms with Crippen molar-refractivity contribution < 1.29 is 112 Å². The predicted molar refractivity (Wildman–Crippen MR) is 488 cm³/mol. The van der Waals surface area contributed by atoms with Gasteiger partial charge in [0.05, 0.1) is 49.5 Å². The molecule has 732 valence electrons. The van der Waals surface area contributed by atoms with Crippen LogP contribution in [0.3, 0.4) is 0 Å². The van der Waals surface area contributed by atoms with Crippen molar-refractivity contribution in [3.8, 4) is 5.75 Å². The molecule has 3 aliphatic rings. The maximum atomic E-state index is 15.7. The van der Waals surface area contributed by atoms with Crippen LogP contribution in [0.1, 0.15) is 151 Å². The van der Waals surface area contributed by atoms with Crippen LogP contribution in [0.4, 0.5) is 0 Å². The molecule has 0 bridgehead atoms. The Morgan fingerprint density at radius 1 is 0.574 bits per heavy atom. The van der Waals surface area contributed by atoms with Crippen LogP contribution in [0, 0.1) is 0 Å². The topological polar surface area (TPSA) is 682 Å². The fourth-order valence-corrected chi connectivity index (χ4v) is 18.3. The number of hydrogen-bond acceptors (Lipinski definition) is 27. The summed E-state index contributed by atoms with van der Waals surface area (Å²) < 4.78 is 1.74. The number of aliphatic hydroxyl groups excluding tert-OH is 2. The van der Waals surface area contributed by atoms with Gasteiger partial charge in [-0.3, -0.25) is 86.3 Å². The Kier molecular flexibility index (Phi) is 37.7. The second-order valence-electron chi connectivity index (χ2n) is 33.6. The number of nitrogens with zero attached hydrogens (tertiary/aromatic N) is 9. The van der Waals surface area contributed by atoms with E-state index < -0.39 is 273 Å². The number of thiophene rings is 1. The first-order valence-electron chi connectivity index (χ1n) is 44.5. The number of likely N-dealkylation sites (N-methyl/N-ethyl adjacent to an activating group) is 2. The highest BCUT2D eigenvalue weighted by Gasteiger charge is 2.47. The van der Waals surface area contributed by atoms with Gasteiger partial charge in [-0.25, -0.2) is 9.67 Å². The third-order valence-corrected chi connectivity index (χ3v) is 25.8. The number of aromatic hydroxyl groups is 1. The van der Waals surface area contributed by atoms with Gasteiger partial charge in [0.2, 0.25) is 94.5 Å². The van der Waals surface area contributed by atoms with Gasteiger partial charge in [-0.2, -0.15) is 0 Å². The lowest BCUT2D eigenvalue weighted by molar-refractivity contribution is -0.149. The summed E-state index contributed by atoms with van der Waals surface area (Å²) in [5.41, 5.74) is 13.2. The van der Waals surface area contributed by atoms with E-state index in [1.165, 1.54) is 69.1 Å². The molecule has 0 spiro atoms. The number of thioether (sulfide) groups is 1. The second kappa shape index (κ2) is 49.3. The van der Waals surface area contributed by atoms with Crippen molar-refractivity contribution in [2.45, 2.75) is 227 Å². The van der Waals surface area contributed by atoms with Crippen molar-refractivity contribution in [1.29, 1.82) is 0 Å². The van der Waals surface area contributed by atoms with Crippen molar-refractivity contribution in [1.82, 2.24) is 108 Å². The maximum Gasteiger partial charge on any atom is 0.305 e. The van der Waals surface area contributed by atoms with E-state index in [0.29, 0.717) is 52.2 Å². The van der Waals surface area contributed by atoms with Crippen LogP contribution in [-0.2, 0) is 112 Å². The number of para-hydroxylation sites is 1. The zero-order valence-corrected chi connectivity index (χ0v) is 77.1. The minimum Gasteiger partial charge on any atom is -0.508 e. The number of nitrogens with one attached hydrogen (secondary N) is 12. The summed E-state index contributed by atoms with van der Waals surface area (Å²) in [6.07, 6.45) is -1.27. The number of primary amides is 2. The molecule has 0 radical (unpaired) electrons. The van der Waals surface area contributed by atoms with E-state index in [1.807, 2.05) is 13.0 Å². The number of hydrogen-bond donors (Lipinski definition) is 19. The normalized spacial score (nSPS) is 24.4. The van der Waals surface area contributed by atoms with Crippen molar-refractivity contribution >= 4 is 151 Å². The average Bonchev–Trinajstić information content (AvgIpc) is 1.51. The Hall–Kier alpha value is -14.0. The van der Waals surface area contributed by atoms with Crippen LogP contribution < -0.4 is 64.6 Å². The Morgan fingerprint density at radius 2 is 1.18 bits per heavy atom. The maximum absolute atomic E-state index is 15.7. The number of carbonyl (C=O) groups is 18. The van der Waals surface area contributed by atoms with E-state index in [4.69, 9.17) is 11.5 Å². The lowest BCUT2D eigenvalue weighted by Crippen LogP contribution is -2.61. The standard InChI is InChI=1S/C88H115N23O23S2/c1-6-8-18-65-82(128)96-56(27-29-73(118)119)78(124)103-64(77(123)93-39-71(90)116)43-135-44-72(117)95-58(31-47-22-24-51(113)25-23-47)75-104-105-106-111(75)46(3)76(122)100-62(36-74(120)121)87(133)109-30-14-20-66(109)83(129)99-60(34-50-38-91-45-94-50)80(126)97-57(26-28-70(89)115)86(132)110-40-52(114)35-68(110)84(130)98-59(32-48-37-92-55-17-12-10-15-53(48)55)79(125)102-63(41-112)81(127)101-61(33-49-42-136-69-21-13-11-16-54(49)69)85(131)108(5)67(19-9-7-2)88(134)107(65)4/h10-13,15-17,21-25,37-38,42,45-46,52,56-68,92,112-114H,6-9,14,18-20,26-36,39-41,43-44H2,1-5H3,(H2,89,115)(H2,90,116)(H,91,94)(H,93,123)(H,95,117)(H,96,128)(H,97,126)(H,98,130)(H,99,129)(H,100,122)(H,101,127)(H,102,125)(H,103,124)(H,118,119)(H,120,121)/t46-,52+,56-,57-,58-,59-,60-,61-,62-,63-,64-,65-,66-,67-,68-/m0/s1. The van der Waals surface area contributed by atoms with Crippen molar-refractivity contribution in [3.05, 3.63) is 125 Å². The molecule has 21 N–H and O–H groups in total. The van der Waals surface area contributed by atoms with Crippen LogP contribution in [0.2, 0.25) is 0 Å². The number of nitrogens with two attached hydrogens (primary N) is 2. The number of carbonyl (C=O) groups excluding carboxylic acids is 16. The van der Waals surface area contributed by atoms with Gasteiger partial charge in [-0.05, 0) is 108 Å². The number of tetrazole rings is 1. The summed E-state index contributed by atoms with van der Waals surface area (Å²) in [6, 6.07) is -3.48. The number of aromatic nitrogens is 7. The molecule has 3 aromatic carbocycles. The van der Waals surface area contributed by atoms with Gasteiger partial charge in [0.25, 0.3) is 0 Å². The number of aliphatic carboxylic acids is 2. The Bertz CT molecular complexity index is 5480. The summed E-state index contributed by atoms with van der Waals surface area (Å²) in [5, 5.41) is 94.0. The zero-order chi connectivity index (χ0) is 98.7. The molecule has 4 aromatic heterocycles. The highest BCUT2D eigenvalue weighted by Crippen LogP contribution is 2.31. The van der Waals surface area contributed by atoms with E-state index in [1.54, 1.807) is 61.0 Å². The third kappa shape index (κ3) is 28.1. The number of imidazole rings is 1. The zero-order valence-electron chi connectivity index (χ0n) is 75.4. The summed E-state index contributed by atoms with van der Waals surface area (Å²) >= 11 is 2.05. The molecular weight excluding hydrogens is 1810 g/mol. The number of rotatable bonds is 26. The number of unbranched alkanes of at least 4 members (excludes halogenated alkanes) is 2. The van der Waals surface area contributed by atoms with E-state index in [9.17, 15) is 73.5 Å². The fourth-order valence-electron chi connectivity index (χ4n) is 16.4. The molecule has 15 atom stereocenters. The number of carboxylic acid groups (broad SMARTS) is 2. The molecule has 3 aliphatic heterocycles. The summed E-state index contributed by atoms with van der Waals surface area (Å²) in [7, 11) is 2.59. The molecule has 136 heavy (non-hydrogen) atoms. The number of phenols is 1. The van der Waals surface area contributed by atoms with E-state index in [0.717, 1.165) is 40.7 Å². The van der Waals surface area contributed by atoms with E-state index >= 15 is 38.4 Å². The monoisotopic (exact) mass is 1930 g/mol. The molecular formula is C88H115N23O23S2. The molecule has 2 saturated heterocycles. The first-order valence-corrected chi connectivity index (χ1v) is 46.5. The predicted octanol–water partition coefficient (Wildman–Crippen LogP) is -2.70. The van der Waals surface area contributed by atoms with Gasteiger partial charge >= 0.3 is 11.9 Å². The first-order chi connectivity index (χ1) is 64.9. The Morgan fingerprint density at radius 3 is 1.85 bits per heavy atom. The van der Waals surface area contributed by atoms with Gasteiger partial charge in [0.15, 0.2) is 5.82 Å². The molecule has 0 unspecified atom stereocenters. The highest BCUT2D eigenvalue weighted by molar-refractivity contribution is 8.00. The molecule has 48 heteroatoms. The van der Waals surface area contributed by atoms with Gasteiger partial charge in [0.1, 0.15) is 84.3 Å². The van der Waals surface area contributed by atoms with Crippen molar-refractivity contribution in [2.75, 3.05) is 51.8 Å². The highest BCUT2D eigenvalue weighted by atomic mass is 32.2. The van der Waals surface area contributed by atoms with Crippen LogP contribution in [-0.4, -0.2) is 317 Å². The number of benzene rings is 3. The smallest absolute Gasteiger partial charge is 0.305 e. The van der Waals surface area contributed by atoms with Gasteiger partial charge in [0, 0.05) is 106 Å². The van der Waals surface area contributed by atoms with Gasteiger partial charge in [-0.1, -0.05) is 88.1 Å². The van der Waals surface area contributed by atoms with Crippen LogP contribution in [0.5, 0.6) is 5.75 Å². The molecule has 2 fully saturated rings. The lowest BCUT2D eigenvalue weighted by atomic mass is 10.00. The first kappa shape index (κ1) is 104. The van der Waals surface area contributed by atoms with E-state index in [2.05, 4.69) is 83.6 Å². The minimum absolute atomic E-state index is 0.0519. The van der Waals surface area contributed by atoms with E-state index in [-0.39, 0.29) is 75.2 Å². The molecule has 10 rings (SSSR count). The lowest BCUT2D eigenvalue weighted by Gasteiger charge is -2.36. The van der Waals surface area contributed by atoms with Gasteiger partial charge in [-0.15, -0.1) is 28.2 Å². The molecule has 7 heterocycles. The number of H-pyrrole nitrogens is 2. The largest absolute Gasteiger partial charge is 0.508 e. The summed E-state index contributed by atoms with van der Waals surface area (Å²) in [4.78, 5) is 274. The molecule has 46 nitrogen and oxygen atoms in total. The number of fused-ring (bicyclic) bond motifs is 5. The third-order valence-electron chi connectivity index (χ3n) is 23.8. The average molecular weight is 1930 g/mol. The number of carboxylic acids is 2. The van der Waals surface area contributed by atoms with Crippen molar-refractivity contribution in [2.24, 2.45) is 11.5 Å². The summed E-state index contributed by atoms with van der Waals surface area (Å²) in [5.74, 6) is -20.8. The van der Waals surface area contributed by atoms with Crippen LogP contribution in [0.25, 0.3) is 21.0 Å². The quantitative estimate of drug-likeness (QED) is 0.0262. The molecule has 0 saturated carbocycles. The van der Waals surface area contributed by atoms with Gasteiger partial charge < -0.3 is 120 Å². The Labute approximate surface area is 787 Å². The Balaban J connectivity index is 1.03. The fraction of sp³-hybridized carbons (Fsp3) is 0.500. The van der Waals surface area contributed by atoms with Crippen molar-refractivity contribution in [3.63, 3.8) is 0 Å². The number of phenolic OH excluding ortho intramolecular Hbond substituents is 1. The van der Waals surface area contributed by atoms with Crippen LogP contribution >= 0.6 is 23.1 Å². The number of aromatic amines is 2. The molecule has 0 aliphatic carbocycles. The number of amides is 16. The molecule has 16 amide bonds. The second-order valence-corrected chi connectivity index (χ2v) is 35.6. The molecule has 7 aromatic rings. The SMILES string of the molecule is CCCC[C@H]1C(=O)N(C)[C@@H](CCCC)C(=O)N[C@@H](CCC(=O)O)C(=O)N[C@H](C(=O)NCC(N)=O)CSCC(=O)N[C@@H](Cc2ccc(O)cc2)c2nnnn2[C@@H](C)C(=O)N[C@@H](CC(=O)O)C(=O)N2CCC[C@H]2C(=O)N[C@@H](Cc2c[nH]cn2)C(=O)N[C@@H](CCC(N)=O)C(=O)N2C[C@H](O)C[C@H]2C(=O)N[C@@H](Cc2c[nH]c3ccccc23)C(=O)N[C@@H](CO)C(=O)N[C@@H](Cc2csc3ccccc23)C(=O)N1C. The van der Waals surface area contributed by atoms with Crippen LogP contribution in [0.15, 0.2) is 96.9 Å². The summed E-state index contributed by atoms with van der Waals surface area (Å²) in [6.45, 7) is 2.17.